The zero-order valence-corrected chi connectivity index (χ0v) is 20.7. The molecule has 0 aliphatic carbocycles. The molecule has 4 rings (SSSR count). The van der Waals surface area contributed by atoms with Crippen LogP contribution in [0.2, 0.25) is 0 Å². The van der Waals surface area contributed by atoms with Gasteiger partial charge in [-0.05, 0) is 37.8 Å². The SMILES string of the molecule is COc1cc(OC)c(C2=CCN(C(=O)CCc3c(C)nc4c(C#N)cnn4c3C)CC2)c(OC)c1. The van der Waals surface area contributed by atoms with Gasteiger partial charge in [-0.25, -0.2) is 9.50 Å². The number of aryl methyl sites for hydroxylation is 2. The molecule has 0 bridgehead atoms. The van der Waals surface area contributed by atoms with Crippen LogP contribution in [-0.2, 0) is 11.2 Å². The number of rotatable bonds is 7. The van der Waals surface area contributed by atoms with E-state index in [-0.39, 0.29) is 5.91 Å². The molecule has 0 saturated carbocycles. The number of hydrogen-bond donors (Lipinski definition) is 0. The van der Waals surface area contributed by atoms with E-state index in [4.69, 9.17) is 14.2 Å². The summed E-state index contributed by atoms with van der Waals surface area (Å²) >= 11 is 0. The minimum atomic E-state index is 0.0889. The van der Waals surface area contributed by atoms with Crippen LogP contribution >= 0.6 is 0 Å². The van der Waals surface area contributed by atoms with Crippen molar-refractivity contribution in [1.29, 1.82) is 5.26 Å². The zero-order valence-electron chi connectivity index (χ0n) is 20.7. The standard InChI is InChI=1S/C26H29N5O4/c1-16-21(17(2)31-26(29-16)19(14-27)15-28-31)6-7-24(32)30-10-8-18(9-11-30)25-22(34-4)12-20(33-3)13-23(25)35-5/h8,12-13,15H,6-7,9-11H2,1-5H3. The highest BCUT2D eigenvalue weighted by Gasteiger charge is 2.23. The first-order valence-electron chi connectivity index (χ1n) is 11.4. The lowest BCUT2D eigenvalue weighted by Gasteiger charge is -2.28. The molecule has 9 heteroatoms. The molecule has 0 unspecified atom stereocenters. The van der Waals surface area contributed by atoms with Gasteiger partial charge in [-0.1, -0.05) is 6.08 Å². The number of fused-ring (bicyclic) bond motifs is 1. The lowest BCUT2D eigenvalue weighted by molar-refractivity contribution is -0.130. The molecule has 35 heavy (non-hydrogen) atoms. The summed E-state index contributed by atoms with van der Waals surface area (Å²) in [5.41, 5.74) is 5.68. The smallest absolute Gasteiger partial charge is 0.223 e. The highest BCUT2D eigenvalue weighted by Crippen LogP contribution is 2.40. The number of nitrogens with zero attached hydrogens (tertiary/aromatic N) is 5. The maximum Gasteiger partial charge on any atom is 0.223 e. The fourth-order valence-electron chi connectivity index (χ4n) is 4.59. The summed E-state index contributed by atoms with van der Waals surface area (Å²) in [6.07, 6.45) is 5.22. The Morgan fingerprint density at radius 1 is 1.14 bits per heavy atom. The van der Waals surface area contributed by atoms with E-state index in [1.165, 1.54) is 6.20 Å². The van der Waals surface area contributed by atoms with Crippen LogP contribution in [0.1, 0.15) is 40.9 Å². The second-order valence-electron chi connectivity index (χ2n) is 8.39. The minimum absolute atomic E-state index is 0.0889. The highest BCUT2D eigenvalue weighted by atomic mass is 16.5. The van der Waals surface area contributed by atoms with Crippen molar-refractivity contribution in [2.24, 2.45) is 0 Å². The quantitative estimate of drug-likeness (QED) is 0.515. The van der Waals surface area contributed by atoms with Gasteiger partial charge in [0.2, 0.25) is 5.91 Å². The van der Waals surface area contributed by atoms with Gasteiger partial charge in [0, 0.05) is 43.0 Å². The fourth-order valence-corrected chi connectivity index (χ4v) is 4.59. The Morgan fingerprint density at radius 3 is 2.43 bits per heavy atom. The number of methoxy groups -OCH3 is 3. The van der Waals surface area contributed by atoms with E-state index in [0.29, 0.717) is 60.8 Å². The number of nitriles is 1. The first kappa shape index (κ1) is 24.1. The van der Waals surface area contributed by atoms with Gasteiger partial charge in [-0.3, -0.25) is 4.79 Å². The molecule has 0 radical (unpaired) electrons. The average Bonchev–Trinajstić information content (AvgIpc) is 3.30. The van der Waals surface area contributed by atoms with E-state index in [9.17, 15) is 10.1 Å². The van der Waals surface area contributed by atoms with E-state index >= 15 is 0 Å². The molecular formula is C26H29N5O4. The van der Waals surface area contributed by atoms with Gasteiger partial charge in [0.15, 0.2) is 5.65 Å². The van der Waals surface area contributed by atoms with Crippen molar-refractivity contribution >= 4 is 17.1 Å². The molecule has 2 aromatic heterocycles. The maximum absolute atomic E-state index is 13.0. The molecule has 1 aliphatic heterocycles. The number of carbonyl (C=O) groups is 1. The number of hydrogen-bond acceptors (Lipinski definition) is 7. The van der Waals surface area contributed by atoms with Gasteiger partial charge in [-0.2, -0.15) is 10.4 Å². The maximum atomic E-state index is 13.0. The van der Waals surface area contributed by atoms with Crippen LogP contribution in [-0.4, -0.2) is 59.8 Å². The lowest BCUT2D eigenvalue weighted by Crippen LogP contribution is -2.35. The topological polar surface area (TPSA) is 102 Å². The van der Waals surface area contributed by atoms with Gasteiger partial charge >= 0.3 is 0 Å². The Hall–Kier alpha value is -4.06. The fraction of sp³-hybridized carbons (Fsp3) is 0.385. The van der Waals surface area contributed by atoms with Crippen molar-refractivity contribution in [2.75, 3.05) is 34.4 Å². The first-order chi connectivity index (χ1) is 16.9. The third-order valence-electron chi connectivity index (χ3n) is 6.52. The van der Waals surface area contributed by atoms with Crippen LogP contribution in [0.15, 0.2) is 24.4 Å². The summed E-state index contributed by atoms with van der Waals surface area (Å²) in [5.74, 6) is 2.11. The van der Waals surface area contributed by atoms with Crippen LogP contribution in [0.25, 0.3) is 11.2 Å². The molecule has 0 fully saturated rings. The van der Waals surface area contributed by atoms with Crippen LogP contribution < -0.4 is 14.2 Å². The summed E-state index contributed by atoms with van der Waals surface area (Å²) in [6.45, 7) is 4.99. The van der Waals surface area contributed by atoms with Gasteiger partial charge < -0.3 is 19.1 Å². The molecule has 1 amide bonds. The molecule has 0 spiro atoms. The number of aromatic nitrogens is 3. The van der Waals surface area contributed by atoms with E-state index in [2.05, 4.69) is 22.2 Å². The third kappa shape index (κ3) is 4.52. The van der Waals surface area contributed by atoms with Crippen molar-refractivity contribution in [3.05, 3.63) is 52.5 Å². The van der Waals surface area contributed by atoms with Crippen LogP contribution in [0.3, 0.4) is 0 Å². The highest BCUT2D eigenvalue weighted by molar-refractivity contribution is 5.81. The van der Waals surface area contributed by atoms with Crippen molar-refractivity contribution in [3.8, 4) is 23.3 Å². The van der Waals surface area contributed by atoms with Gasteiger partial charge in [0.25, 0.3) is 0 Å². The minimum Gasteiger partial charge on any atom is -0.496 e. The van der Waals surface area contributed by atoms with Gasteiger partial charge in [0.1, 0.15) is 28.9 Å². The predicted molar refractivity (Wildman–Crippen MR) is 131 cm³/mol. The molecule has 0 atom stereocenters. The second kappa shape index (κ2) is 10.1. The largest absolute Gasteiger partial charge is 0.496 e. The Bertz CT molecular complexity index is 1330. The summed E-state index contributed by atoms with van der Waals surface area (Å²) in [4.78, 5) is 19.4. The van der Waals surface area contributed by atoms with Crippen molar-refractivity contribution in [2.45, 2.75) is 33.1 Å². The van der Waals surface area contributed by atoms with E-state index in [1.54, 1.807) is 25.8 Å². The third-order valence-corrected chi connectivity index (χ3v) is 6.52. The van der Waals surface area contributed by atoms with Crippen molar-refractivity contribution < 1.29 is 19.0 Å². The summed E-state index contributed by atoms with van der Waals surface area (Å²) in [7, 11) is 4.85. The Morgan fingerprint density at radius 2 is 1.86 bits per heavy atom. The molecule has 1 aromatic carbocycles. The molecule has 3 heterocycles. The Kier molecular flexibility index (Phi) is 6.92. The lowest BCUT2D eigenvalue weighted by atomic mass is 9.96. The molecule has 9 nitrogen and oxygen atoms in total. The number of ether oxygens (including phenoxy) is 3. The summed E-state index contributed by atoms with van der Waals surface area (Å²) in [6, 6.07) is 5.79. The van der Waals surface area contributed by atoms with E-state index < -0.39 is 0 Å². The molecular weight excluding hydrogens is 446 g/mol. The monoisotopic (exact) mass is 475 g/mol. The summed E-state index contributed by atoms with van der Waals surface area (Å²) in [5, 5.41) is 13.5. The number of carbonyl (C=O) groups excluding carboxylic acids is 1. The molecule has 1 aliphatic rings. The van der Waals surface area contributed by atoms with E-state index in [0.717, 1.165) is 28.1 Å². The molecule has 0 N–H and O–H groups in total. The van der Waals surface area contributed by atoms with Crippen LogP contribution in [0.5, 0.6) is 17.2 Å². The van der Waals surface area contributed by atoms with Gasteiger partial charge in [-0.15, -0.1) is 0 Å². The number of benzene rings is 1. The Labute approximate surface area is 204 Å². The van der Waals surface area contributed by atoms with Gasteiger partial charge in [0.05, 0.1) is 33.1 Å². The normalized spacial score (nSPS) is 13.4. The Balaban J connectivity index is 1.48. The molecule has 0 saturated heterocycles. The summed E-state index contributed by atoms with van der Waals surface area (Å²) < 4.78 is 18.2. The molecule has 182 valence electrons. The van der Waals surface area contributed by atoms with Crippen molar-refractivity contribution in [1.82, 2.24) is 19.5 Å². The van der Waals surface area contributed by atoms with Crippen LogP contribution in [0, 0.1) is 25.2 Å². The van der Waals surface area contributed by atoms with Crippen LogP contribution in [0.4, 0.5) is 0 Å². The second-order valence-corrected chi connectivity index (χ2v) is 8.39. The van der Waals surface area contributed by atoms with Crippen molar-refractivity contribution in [3.63, 3.8) is 0 Å². The number of amides is 1. The molecule has 3 aromatic rings. The zero-order chi connectivity index (χ0) is 25.1. The predicted octanol–water partition coefficient (Wildman–Crippen LogP) is 3.49. The van der Waals surface area contributed by atoms with E-state index in [1.807, 2.05) is 30.9 Å². The first-order valence-corrected chi connectivity index (χ1v) is 11.4. The average molecular weight is 476 g/mol.